The van der Waals surface area contributed by atoms with Gasteiger partial charge in [0.15, 0.2) is 0 Å². The van der Waals surface area contributed by atoms with Crippen molar-refractivity contribution in [2.24, 2.45) is 5.41 Å². The summed E-state index contributed by atoms with van der Waals surface area (Å²) in [6, 6.07) is 4.19. The largest absolute Gasteiger partial charge is 0.491 e. The molecular weight excluding hydrogens is 263 g/mol. The second-order valence-electron chi connectivity index (χ2n) is 3.97. The van der Waals surface area contributed by atoms with Crippen LogP contribution in [-0.4, -0.2) is 12.9 Å². The molecule has 0 aliphatic carbocycles. The fraction of sp³-hybridized carbons (Fsp3) is 0.364. The average molecular weight is 275 g/mol. The Morgan fingerprint density at radius 3 is 2.80 bits per heavy atom. The zero-order valence-corrected chi connectivity index (χ0v) is 10.2. The number of aldehydes is 1. The van der Waals surface area contributed by atoms with Crippen molar-refractivity contribution < 1.29 is 13.9 Å². The van der Waals surface area contributed by atoms with Crippen LogP contribution in [-0.2, 0) is 4.79 Å². The molecule has 0 radical (unpaired) electrons. The molecule has 0 aliphatic heterocycles. The summed E-state index contributed by atoms with van der Waals surface area (Å²) in [7, 11) is 0. The normalized spacial score (nSPS) is 11.2. The summed E-state index contributed by atoms with van der Waals surface area (Å²) >= 11 is 3.24. The zero-order chi connectivity index (χ0) is 11.5. The predicted octanol–water partition coefficient (Wildman–Crippen LogP) is 3.19. The first kappa shape index (κ1) is 12.2. The lowest BCUT2D eigenvalue weighted by atomic mass is 9.98. The van der Waals surface area contributed by atoms with E-state index in [9.17, 15) is 9.18 Å². The zero-order valence-electron chi connectivity index (χ0n) is 8.59. The first-order valence-corrected chi connectivity index (χ1v) is 5.28. The minimum atomic E-state index is -0.564. The Bertz CT molecular complexity index is 364. The summed E-state index contributed by atoms with van der Waals surface area (Å²) in [6.07, 6.45) is 0.820. The van der Waals surface area contributed by atoms with E-state index in [0.29, 0.717) is 10.2 Å². The standard InChI is InChI=1S/C11H12BrFO2/c1-11(2,6-14)7-15-10-5-8(13)3-4-9(10)12/h3-6H,7H2,1-2H3. The molecule has 0 fully saturated rings. The van der Waals surface area contributed by atoms with E-state index in [4.69, 9.17) is 4.74 Å². The predicted molar refractivity (Wildman–Crippen MR) is 59.4 cm³/mol. The molecule has 0 bridgehead atoms. The Labute approximate surface area is 96.6 Å². The Kier molecular flexibility index (Phi) is 3.85. The summed E-state index contributed by atoms with van der Waals surface area (Å²) < 4.78 is 18.9. The van der Waals surface area contributed by atoms with Gasteiger partial charge in [-0.25, -0.2) is 4.39 Å². The van der Waals surface area contributed by atoms with E-state index >= 15 is 0 Å². The highest BCUT2D eigenvalue weighted by molar-refractivity contribution is 9.10. The summed E-state index contributed by atoms with van der Waals surface area (Å²) in [5, 5.41) is 0. The van der Waals surface area contributed by atoms with E-state index in [0.717, 1.165) is 6.29 Å². The maximum Gasteiger partial charge on any atom is 0.136 e. The Balaban J connectivity index is 2.73. The molecule has 1 aromatic rings. The van der Waals surface area contributed by atoms with E-state index in [2.05, 4.69) is 15.9 Å². The van der Waals surface area contributed by atoms with Crippen LogP contribution in [0.5, 0.6) is 5.75 Å². The monoisotopic (exact) mass is 274 g/mol. The minimum absolute atomic E-state index is 0.221. The van der Waals surface area contributed by atoms with Gasteiger partial charge in [0, 0.05) is 6.07 Å². The van der Waals surface area contributed by atoms with Gasteiger partial charge < -0.3 is 9.53 Å². The van der Waals surface area contributed by atoms with Gasteiger partial charge in [-0.3, -0.25) is 0 Å². The van der Waals surface area contributed by atoms with Crippen molar-refractivity contribution in [3.63, 3.8) is 0 Å². The fourth-order valence-electron chi connectivity index (χ4n) is 0.886. The number of carbonyl (C=O) groups excluding carboxylic acids is 1. The first-order chi connectivity index (χ1) is 6.94. The lowest BCUT2D eigenvalue weighted by molar-refractivity contribution is -0.116. The third-order valence-corrected chi connectivity index (χ3v) is 2.47. The van der Waals surface area contributed by atoms with Crippen LogP contribution < -0.4 is 4.74 Å². The molecular formula is C11H12BrFO2. The third kappa shape index (κ3) is 3.63. The van der Waals surface area contributed by atoms with Gasteiger partial charge in [-0.1, -0.05) is 0 Å². The van der Waals surface area contributed by atoms with Crippen LogP contribution in [0, 0.1) is 11.2 Å². The molecule has 0 heterocycles. The molecule has 1 rings (SSSR count). The molecule has 4 heteroatoms. The molecule has 0 aromatic heterocycles. The second kappa shape index (κ2) is 4.75. The van der Waals surface area contributed by atoms with Gasteiger partial charge in [-0.15, -0.1) is 0 Å². The molecule has 0 N–H and O–H groups in total. The molecule has 15 heavy (non-hydrogen) atoms. The van der Waals surface area contributed by atoms with E-state index < -0.39 is 5.41 Å². The quantitative estimate of drug-likeness (QED) is 0.789. The fourth-order valence-corrected chi connectivity index (χ4v) is 1.25. The summed E-state index contributed by atoms with van der Waals surface area (Å²) in [5.41, 5.74) is -0.564. The van der Waals surface area contributed by atoms with E-state index in [1.54, 1.807) is 19.9 Å². The van der Waals surface area contributed by atoms with Crippen LogP contribution in [0.15, 0.2) is 22.7 Å². The van der Waals surface area contributed by atoms with Gasteiger partial charge in [0.05, 0.1) is 16.5 Å². The lowest BCUT2D eigenvalue weighted by Gasteiger charge is -2.18. The number of hydrogen-bond acceptors (Lipinski definition) is 2. The van der Waals surface area contributed by atoms with Gasteiger partial charge in [0.25, 0.3) is 0 Å². The van der Waals surface area contributed by atoms with Crippen LogP contribution in [0.3, 0.4) is 0 Å². The molecule has 0 saturated heterocycles. The maximum absolute atomic E-state index is 12.9. The van der Waals surface area contributed by atoms with Gasteiger partial charge in [0.1, 0.15) is 17.9 Å². The topological polar surface area (TPSA) is 26.3 Å². The molecule has 0 unspecified atom stereocenters. The first-order valence-electron chi connectivity index (χ1n) is 4.49. The molecule has 1 aromatic carbocycles. The van der Waals surface area contributed by atoms with Crippen molar-refractivity contribution in [3.05, 3.63) is 28.5 Å². The number of benzene rings is 1. The van der Waals surface area contributed by atoms with E-state index in [1.807, 2.05) is 0 Å². The maximum atomic E-state index is 12.9. The average Bonchev–Trinajstić information content (AvgIpc) is 2.20. The molecule has 82 valence electrons. The Morgan fingerprint density at radius 2 is 2.20 bits per heavy atom. The number of carbonyl (C=O) groups is 1. The summed E-state index contributed by atoms with van der Waals surface area (Å²) in [5.74, 6) is 0.0436. The van der Waals surface area contributed by atoms with Crippen molar-refractivity contribution in [2.75, 3.05) is 6.61 Å². The van der Waals surface area contributed by atoms with Crippen molar-refractivity contribution in [1.82, 2.24) is 0 Å². The van der Waals surface area contributed by atoms with Gasteiger partial charge in [0.2, 0.25) is 0 Å². The highest BCUT2D eigenvalue weighted by Gasteiger charge is 2.18. The number of halogens is 2. The molecule has 0 saturated carbocycles. The van der Waals surface area contributed by atoms with E-state index in [1.165, 1.54) is 12.1 Å². The number of hydrogen-bond donors (Lipinski definition) is 0. The van der Waals surface area contributed by atoms with Gasteiger partial charge in [-0.05, 0) is 41.9 Å². The van der Waals surface area contributed by atoms with Crippen LogP contribution in [0.25, 0.3) is 0 Å². The highest BCUT2D eigenvalue weighted by atomic mass is 79.9. The SMILES string of the molecule is CC(C)(C=O)COc1cc(F)ccc1Br. The number of rotatable bonds is 4. The molecule has 0 amide bonds. The van der Waals surface area contributed by atoms with Crippen LogP contribution >= 0.6 is 15.9 Å². The molecule has 0 atom stereocenters. The number of ether oxygens (including phenoxy) is 1. The van der Waals surface area contributed by atoms with Crippen LogP contribution in [0.2, 0.25) is 0 Å². The minimum Gasteiger partial charge on any atom is -0.491 e. The van der Waals surface area contributed by atoms with Crippen LogP contribution in [0.1, 0.15) is 13.8 Å². The van der Waals surface area contributed by atoms with Gasteiger partial charge >= 0.3 is 0 Å². The van der Waals surface area contributed by atoms with Crippen molar-refractivity contribution in [2.45, 2.75) is 13.8 Å². The summed E-state index contributed by atoms with van der Waals surface area (Å²) in [4.78, 5) is 10.6. The molecule has 0 spiro atoms. The highest BCUT2D eigenvalue weighted by Crippen LogP contribution is 2.27. The van der Waals surface area contributed by atoms with Crippen molar-refractivity contribution in [3.8, 4) is 5.75 Å². The van der Waals surface area contributed by atoms with Crippen LogP contribution in [0.4, 0.5) is 4.39 Å². The Hall–Kier alpha value is -0.900. The van der Waals surface area contributed by atoms with E-state index in [-0.39, 0.29) is 12.4 Å². The van der Waals surface area contributed by atoms with Crippen molar-refractivity contribution in [1.29, 1.82) is 0 Å². The smallest absolute Gasteiger partial charge is 0.136 e. The second-order valence-corrected chi connectivity index (χ2v) is 4.82. The molecule has 2 nitrogen and oxygen atoms in total. The van der Waals surface area contributed by atoms with Gasteiger partial charge in [-0.2, -0.15) is 0 Å². The third-order valence-electron chi connectivity index (χ3n) is 1.81. The Morgan fingerprint density at radius 1 is 1.53 bits per heavy atom. The van der Waals surface area contributed by atoms with Crippen molar-refractivity contribution >= 4 is 22.2 Å². The molecule has 0 aliphatic rings. The lowest BCUT2D eigenvalue weighted by Crippen LogP contribution is -2.22. The summed E-state index contributed by atoms with van der Waals surface area (Å²) in [6.45, 7) is 3.74.